The minimum absolute atomic E-state index is 0.0526. The van der Waals surface area contributed by atoms with Gasteiger partial charge >= 0.3 is 5.97 Å². The number of fused-ring (bicyclic) bond motifs is 3. The van der Waals surface area contributed by atoms with E-state index in [-0.39, 0.29) is 11.5 Å². The molecular weight excluding hydrogens is 442 g/mol. The number of carboxylic acids is 1. The van der Waals surface area contributed by atoms with E-state index in [4.69, 9.17) is 4.74 Å². The zero-order valence-electron chi connectivity index (χ0n) is 19.0. The Labute approximate surface area is 195 Å². The third-order valence-corrected chi connectivity index (χ3v) is 8.01. The molecule has 0 saturated heterocycles. The Hall–Kier alpha value is -2.62. The zero-order chi connectivity index (χ0) is 23.6. The van der Waals surface area contributed by atoms with Crippen LogP contribution in [0.4, 0.5) is 5.69 Å². The van der Waals surface area contributed by atoms with E-state index in [1.54, 1.807) is 30.3 Å². The monoisotopic (exact) mass is 473 g/mol. The van der Waals surface area contributed by atoms with Gasteiger partial charge in [0, 0.05) is 23.9 Å². The Kier molecular flexibility index (Phi) is 6.65. The molecule has 0 bridgehead atoms. The van der Waals surface area contributed by atoms with Crippen molar-refractivity contribution in [2.45, 2.75) is 35.6 Å². The molecule has 1 aliphatic carbocycles. The molecule has 2 aromatic rings. The highest BCUT2D eigenvalue weighted by molar-refractivity contribution is 7.89. The van der Waals surface area contributed by atoms with Crippen molar-refractivity contribution in [2.75, 3.05) is 39.1 Å². The van der Waals surface area contributed by atoms with Gasteiger partial charge in [-0.3, -0.25) is 4.79 Å². The maximum atomic E-state index is 13.4. The highest BCUT2D eigenvalue weighted by Crippen LogP contribution is 2.62. The summed E-state index contributed by atoms with van der Waals surface area (Å²) >= 11 is 0. The number of unbranched alkanes of at least 4 members (excludes halogenated alkanes) is 2. The quantitative estimate of drug-likeness (QED) is 0.431. The van der Waals surface area contributed by atoms with Gasteiger partial charge in [0.2, 0.25) is 10.0 Å². The Morgan fingerprint density at radius 2 is 1.85 bits per heavy atom. The predicted octanol–water partition coefficient (Wildman–Crippen LogP) is 2.74. The summed E-state index contributed by atoms with van der Waals surface area (Å²) in [5, 5.41) is 13.3. The molecule has 4 rings (SSSR count). The van der Waals surface area contributed by atoms with Gasteiger partial charge < -0.3 is 20.1 Å². The van der Waals surface area contributed by atoms with Crippen molar-refractivity contribution < 1.29 is 23.1 Å². The van der Waals surface area contributed by atoms with Gasteiger partial charge in [0.1, 0.15) is 16.2 Å². The van der Waals surface area contributed by atoms with Gasteiger partial charge in [0.15, 0.2) is 0 Å². The second kappa shape index (κ2) is 9.32. The van der Waals surface area contributed by atoms with Crippen molar-refractivity contribution in [3.05, 3.63) is 54.1 Å². The number of rotatable bonds is 11. The fourth-order valence-corrected chi connectivity index (χ4v) is 6.36. The molecule has 0 aromatic heterocycles. The van der Waals surface area contributed by atoms with E-state index in [0.29, 0.717) is 18.0 Å². The average Bonchev–Trinajstić information content (AvgIpc) is 3.44. The standard InChI is InChI=1S/C24H31N3O5S/c1-27(2)15-9-3-8-14-25-19-11-5-7-13-21(19)33(30,31)26-24(23(28)29)18-16-32-20-12-6-4-10-17(20)22(18)24/h4-7,10-13,18,22,25-26H,3,8-9,14-16H2,1-2H3,(H,28,29). The second-order valence-electron chi connectivity index (χ2n) is 9.00. The number of aliphatic carboxylic acids is 1. The molecule has 178 valence electrons. The number of sulfonamides is 1. The van der Waals surface area contributed by atoms with Crippen LogP contribution in [0.25, 0.3) is 0 Å². The van der Waals surface area contributed by atoms with E-state index < -0.39 is 33.4 Å². The van der Waals surface area contributed by atoms with E-state index in [2.05, 4.69) is 14.9 Å². The summed E-state index contributed by atoms with van der Waals surface area (Å²) in [5.74, 6) is -1.51. The molecule has 1 aliphatic heterocycles. The highest BCUT2D eigenvalue weighted by Gasteiger charge is 2.74. The molecular formula is C24H31N3O5S. The third kappa shape index (κ3) is 4.58. The molecule has 9 heteroatoms. The zero-order valence-corrected chi connectivity index (χ0v) is 19.8. The van der Waals surface area contributed by atoms with Gasteiger partial charge in [0.25, 0.3) is 0 Å². The number of para-hydroxylation sites is 2. The second-order valence-corrected chi connectivity index (χ2v) is 10.7. The van der Waals surface area contributed by atoms with Crippen LogP contribution < -0.4 is 14.8 Å². The molecule has 0 radical (unpaired) electrons. The molecule has 1 saturated carbocycles. The summed E-state index contributed by atoms with van der Waals surface area (Å²) in [6.45, 7) is 1.81. The Balaban J connectivity index is 1.51. The molecule has 2 aliphatic rings. The number of ether oxygens (including phenoxy) is 1. The van der Waals surface area contributed by atoms with E-state index >= 15 is 0 Å². The molecule has 33 heavy (non-hydrogen) atoms. The lowest BCUT2D eigenvalue weighted by atomic mass is 10.0. The molecule has 2 aromatic carbocycles. The number of benzene rings is 2. The van der Waals surface area contributed by atoms with Gasteiger partial charge in [-0.05, 0) is 51.7 Å². The maximum absolute atomic E-state index is 13.4. The molecule has 3 unspecified atom stereocenters. The van der Waals surface area contributed by atoms with Crippen molar-refractivity contribution in [1.29, 1.82) is 0 Å². The molecule has 3 atom stereocenters. The van der Waals surface area contributed by atoms with Gasteiger partial charge in [-0.15, -0.1) is 0 Å². The summed E-state index contributed by atoms with van der Waals surface area (Å²) < 4.78 is 35.1. The van der Waals surface area contributed by atoms with Crippen LogP contribution in [0.3, 0.4) is 0 Å². The van der Waals surface area contributed by atoms with Crippen LogP contribution in [0.1, 0.15) is 30.7 Å². The van der Waals surface area contributed by atoms with E-state index in [1.165, 1.54) is 6.07 Å². The topological polar surface area (TPSA) is 108 Å². The van der Waals surface area contributed by atoms with Gasteiger partial charge in [0.05, 0.1) is 12.3 Å². The number of hydrogen-bond acceptors (Lipinski definition) is 6. The van der Waals surface area contributed by atoms with Crippen molar-refractivity contribution in [3.8, 4) is 5.75 Å². The molecule has 8 nitrogen and oxygen atoms in total. The van der Waals surface area contributed by atoms with Gasteiger partial charge in [-0.2, -0.15) is 4.72 Å². The summed E-state index contributed by atoms with van der Waals surface area (Å²) in [5.41, 5.74) is -0.425. The first-order valence-corrected chi connectivity index (χ1v) is 12.7. The first-order valence-electron chi connectivity index (χ1n) is 11.2. The lowest BCUT2D eigenvalue weighted by Crippen LogP contribution is -2.46. The number of anilines is 1. The maximum Gasteiger partial charge on any atom is 0.326 e. The smallest absolute Gasteiger partial charge is 0.326 e. The molecule has 0 spiro atoms. The summed E-state index contributed by atoms with van der Waals surface area (Å²) in [6, 6.07) is 13.8. The Morgan fingerprint density at radius 3 is 2.61 bits per heavy atom. The molecule has 1 heterocycles. The average molecular weight is 474 g/mol. The first kappa shape index (κ1) is 23.5. The lowest BCUT2D eigenvalue weighted by Gasteiger charge is -2.18. The van der Waals surface area contributed by atoms with Crippen LogP contribution in [-0.4, -0.2) is 63.7 Å². The third-order valence-electron chi connectivity index (χ3n) is 6.47. The number of nitrogens with zero attached hydrogens (tertiary/aromatic N) is 1. The van der Waals surface area contributed by atoms with Crippen LogP contribution in [0.2, 0.25) is 0 Å². The predicted molar refractivity (Wildman–Crippen MR) is 126 cm³/mol. The van der Waals surface area contributed by atoms with Crippen LogP contribution in [-0.2, 0) is 14.8 Å². The largest absolute Gasteiger partial charge is 0.493 e. The number of hydrogen-bond donors (Lipinski definition) is 3. The minimum Gasteiger partial charge on any atom is -0.493 e. The van der Waals surface area contributed by atoms with Crippen molar-refractivity contribution in [3.63, 3.8) is 0 Å². The number of carboxylic acid groups (broad SMARTS) is 1. The molecule has 0 amide bonds. The normalized spacial score (nSPS) is 23.4. The van der Waals surface area contributed by atoms with Gasteiger partial charge in [-0.1, -0.05) is 36.8 Å². The van der Waals surface area contributed by atoms with Crippen molar-refractivity contribution in [1.82, 2.24) is 9.62 Å². The van der Waals surface area contributed by atoms with E-state index in [9.17, 15) is 18.3 Å². The van der Waals surface area contributed by atoms with E-state index in [1.807, 2.05) is 26.2 Å². The fraction of sp³-hybridized carbons (Fsp3) is 0.458. The van der Waals surface area contributed by atoms with E-state index in [0.717, 1.165) is 31.4 Å². The summed E-state index contributed by atoms with van der Waals surface area (Å²) in [4.78, 5) is 14.6. The summed E-state index contributed by atoms with van der Waals surface area (Å²) in [7, 11) is -0.0288. The van der Waals surface area contributed by atoms with Crippen LogP contribution in [0, 0.1) is 5.92 Å². The van der Waals surface area contributed by atoms with Gasteiger partial charge in [-0.25, -0.2) is 8.42 Å². The van der Waals surface area contributed by atoms with Crippen LogP contribution in [0.5, 0.6) is 5.75 Å². The summed E-state index contributed by atoms with van der Waals surface area (Å²) in [6.07, 6.45) is 3.01. The number of carbonyl (C=O) groups is 1. The first-order chi connectivity index (χ1) is 15.8. The number of nitrogens with one attached hydrogen (secondary N) is 2. The fourth-order valence-electron chi connectivity index (χ4n) is 4.75. The van der Waals surface area contributed by atoms with Crippen LogP contribution in [0.15, 0.2) is 53.4 Å². The molecule has 3 N–H and O–H groups in total. The SMILES string of the molecule is CN(C)CCCCCNc1ccccc1S(=O)(=O)NC1(C(=O)O)C2COc3ccccc3C21. The minimum atomic E-state index is -4.11. The highest BCUT2D eigenvalue weighted by atomic mass is 32.2. The van der Waals surface area contributed by atoms with Crippen LogP contribution >= 0.6 is 0 Å². The van der Waals surface area contributed by atoms with Crippen molar-refractivity contribution >= 4 is 21.7 Å². The van der Waals surface area contributed by atoms with Crippen molar-refractivity contribution in [2.24, 2.45) is 5.92 Å². The lowest BCUT2D eigenvalue weighted by molar-refractivity contribution is -0.140. The Bertz CT molecular complexity index is 1120. The Morgan fingerprint density at radius 1 is 1.12 bits per heavy atom. The molecule has 1 fully saturated rings.